The fourth-order valence-corrected chi connectivity index (χ4v) is 2.99. The maximum Gasteiger partial charge on any atom is 0.269 e. The third kappa shape index (κ3) is 4.12. The molecule has 2 heterocycles. The van der Waals surface area contributed by atoms with Gasteiger partial charge in [-0.2, -0.15) is 4.98 Å². The highest BCUT2D eigenvalue weighted by Gasteiger charge is 2.21. The second kappa shape index (κ2) is 7.58. The van der Waals surface area contributed by atoms with Crippen LogP contribution < -0.4 is 4.90 Å². The summed E-state index contributed by atoms with van der Waals surface area (Å²) < 4.78 is 10.2. The Bertz CT molecular complexity index is 740. The molecule has 3 rings (SSSR count). The fourth-order valence-electron chi connectivity index (χ4n) is 2.99. The molecule has 1 aliphatic heterocycles. The van der Waals surface area contributed by atoms with Gasteiger partial charge in [-0.3, -0.25) is 15.0 Å². The smallest absolute Gasteiger partial charge is 0.269 e. The highest BCUT2D eigenvalue weighted by Crippen LogP contribution is 2.25. The SMILES string of the molecule is COCc1noc(CN2CCN(c3ccc([N+](=O)[O-])cc3C)CC2)n1. The number of benzene rings is 1. The maximum absolute atomic E-state index is 10.9. The lowest BCUT2D eigenvalue weighted by Gasteiger charge is -2.36. The van der Waals surface area contributed by atoms with Crippen LogP contribution in [0.2, 0.25) is 0 Å². The third-order valence-electron chi connectivity index (χ3n) is 4.25. The largest absolute Gasteiger partial charge is 0.377 e. The Hall–Kier alpha value is -2.52. The zero-order valence-electron chi connectivity index (χ0n) is 14.3. The van der Waals surface area contributed by atoms with E-state index in [1.165, 1.54) is 0 Å². The van der Waals surface area contributed by atoms with Gasteiger partial charge in [-0.05, 0) is 18.6 Å². The normalized spacial score (nSPS) is 15.5. The molecule has 2 aromatic rings. The molecule has 134 valence electrons. The summed E-state index contributed by atoms with van der Waals surface area (Å²) >= 11 is 0. The summed E-state index contributed by atoms with van der Waals surface area (Å²) in [6.45, 7) is 6.28. The van der Waals surface area contributed by atoms with Crippen LogP contribution >= 0.6 is 0 Å². The van der Waals surface area contributed by atoms with E-state index in [4.69, 9.17) is 9.26 Å². The van der Waals surface area contributed by atoms with Gasteiger partial charge in [0.05, 0.1) is 11.5 Å². The minimum absolute atomic E-state index is 0.128. The summed E-state index contributed by atoms with van der Waals surface area (Å²) in [4.78, 5) is 19.3. The van der Waals surface area contributed by atoms with Crippen molar-refractivity contribution in [3.05, 3.63) is 45.6 Å². The maximum atomic E-state index is 10.9. The van der Waals surface area contributed by atoms with E-state index < -0.39 is 0 Å². The molecule has 9 heteroatoms. The topological polar surface area (TPSA) is 97.8 Å². The van der Waals surface area contributed by atoms with E-state index in [9.17, 15) is 10.1 Å². The van der Waals surface area contributed by atoms with Gasteiger partial charge in [-0.25, -0.2) is 0 Å². The first kappa shape index (κ1) is 17.3. The van der Waals surface area contributed by atoms with E-state index in [0.717, 1.165) is 37.4 Å². The molecule has 0 saturated carbocycles. The first-order chi connectivity index (χ1) is 12.1. The van der Waals surface area contributed by atoms with Gasteiger partial charge in [-0.1, -0.05) is 5.16 Å². The summed E-state index contributed by atoms with van der Waals surface area (Å²) in [7, 11) is 1.59. The average molecular weight is 347 g/mol. The molecular weight excluding hydrogens is 326 g/mol. The second-order valence-corrected chi connectivity index (χ2v) is 6.03. The number of ether oxygens (including phenoxy) is 1. The van der Waals surface area contributed by atoms with Gasteiger partial charge in [0.15, 0.2) is 5.82 Å². The van der Waals surface area contributed by atoms with Crippen LogP contribution in [-0.4, -0.2) is 53.3 Å². The lowest BCUT2D eigenvalue weighted by atomic mass is 10.1. The molecule has 25 heavy (non-hydrogen) atoms. The lowest BCUT2D eigenvalue weighted by molar-refractivity contribution is -0.384. The molecule has 0 spiro atoms. The lowest BCUT2D eigenvalue weighted by Crippen LogP contribution is -2.46. The van der Waals surface area contributed by atoms with Crippen molar-refractivity contribution in [3.8, 4) is 0 Å². The molecule has 1 fully saturated rings. The monoisotopic (exact) mass is 347 g/mol. The van der Waals surface area contributed by atoms with Crippen LogP contribution in [0.3, 0.4) is 0 Å². The molecule has 1 aromatic carbocycles. The van der Waals surface area contributed by atoms with E-state index in [0.29, 0.717) is 24.9 Å². The number of piperazine rings is 1. The summed E-state index contributed by atoms with van der Waals surface area (Å²) in [5.74, 6) is 1.14. The summed E-state index contributed by atoms with van der Waals surface area (Å²) in [5.41, 5.74) is 2.09. The highest BCUT2D eigenvalue weighted by atomic mass is 16.6. The van der Waals surface area contributed by atoms with Crippen LogP contribution in [0.5, 0.6) is 0 Å². The van der Waals surface area contributed by atoms with Gasteiger partial charge in [0.2, 0.25) is 5.89 Å². The Kier molecular flexibility index (Phi) is 5.25. The van der Waals surface area contributed by atoms with Crippen molar-refractivity contribution >= 4 is 11.4 Å². The van der Waals surface area contributed by atoms with Crippen molar-refractivity contribution in [2.75, 3.05) is 38.2 Å². The van der Waals surface area contributed by atoms with Crippen LogP contribution in [0, 0.1) is 17.0 Å². The molecule has 0 radical (unpaired) electrons. The third-order valence-corrected chi connectivity index (χ3v) is 4.25. The Morgan fingerprint density at radius 3 is 2.72 bits per heavy atom. The Morgan fingerprint density at radius 1 is 1.32 bits per heavy atom. The molecule has 0 unspecified atom stereocenters. The fraction of sp³-hybridized carbons (Fsp3) is 0.500. The summed E-state index contributed by atoms with van der Waals surface area (Å²) in [6, 6.07) is 5.01. The Balaban J connectivity index is 1.57. The molecule has 1 aliphatic rings. The summed E-state index contributed by atoms with van der Waals surface area (Å²) in [6.07, 6.45) is 0. The molecule has 0 atom stereocenters. The van der Waals surface area contributed by atoms with Gasteiger partial charge in [-0.15, -0.1) is 0 Å². The average Bonchev–Trinajstić information content (AvgIpc) is 3.03. The first-order valence-electron chi connectivity index (χ1n) is 8.09. The van der Waals surface area contributed by atoms with E-state index in [1.807, 2.05) is 13.0 Å². The molecule has 0 amide bonds. The van der Waals surface area contributed by atoms with Crippen molar-refractivity contribution in [3.63, 3.8) is 0 Å². The van der Waals surface area contributed by atoms with Gasteiger partial charge in [0, 0.05) is 51.1 Å². The van der Waals surface area contributed by atoms with Crippen LogP contribution in [0.15, 0.2) is 22.7 Å². The number of anilines is 1. The van der Waals surface area contributed by atoms with Crippen molar-refractivity contribution < 1.29 is 14.2 Å². The number of rotatable bonds is 6. The summed E-state index contributed by atoms with van der Waals surface area (Å²) in [5, 5.41) is 14.7. The first-order valence-corrected chi connectivity index (χ1v) is 8.09. The number of hydrogen-bond acceptors (Lipinski definition) is 8. The van der Waals surface area contributed by atoms with Crippen LogP contribution in [-0.2, 0) is 17.9 Å². The van der Waals surface area contributed by atoms with Crippen molar-refractivity contribution in [2.24, 2.45) is 0 Å². The minimum atomic E-state index is -0.364. The zero-order valence-corrected chi connectivity index (χ0v) is 14.3. The number of methoxy groups -OCH3 is 1. The van der Waals surface area contributed by atoms with Gasteiger partial charge in [0.1, 0.15) is 6.61 Å². The second-order valence-electron chi connectivity index (χ2n) is 6.03. The standard InChI is InChI=1S/C16H21N5O4/c1-12-9-13(21(22)23)3-4-14(12)20-7-5-19(6-8-20)10-16-17-15(11-24-2)18-25-16/h3-4,9H,5-8,10-11H2,1-2H3. The predicted molar refractivity (Wildman–Crippen MR) is 90.3 cm³/mol. The number of aryl methyl sites for hydroxylation is 1. The minimum Gasteiger partial charge on any atom is -0.377 e. The van der Waals surface area contributed by atoms with Crippen molar-refractivity contribution in [1.29, 1.82) is 0 Å². The molecule has 0 aliphatic carbocycles. The number of nitrogens with zero attached hydrogens (tertiary/aromatic N) is 5. The number of hydrogen-bond donors (Lipinski definition) is 0. The van der Waals surface area contributed by atoms with Crippen molar-refractivity contribution in [2.45, 2.75) is 20.1 Å². The number of aromatic nitrogens is 2. The van der Waals surface area contributed by atoms with Crippen LogP contribution in [0.1, 0.15) is 17.3 Å². The van der Waals surface area contributed by atoms with E-state index in [1.54, 1.807) is 19.2 Å². The number of nitro benzene ring substituents is 1. The Morgan fingerprint density at radius 2 is 2.08 bits per heavy atom. The molecule has 0 N–H and O–H groups in total. The number of non-ortho nitro benzene ring substituents is 1. The van der Waals surface area contributed by atoms with Crippen LogP contribution in [0.4, 0.5) is 11.4 Å². The molecule has 1 aromatic heterocycles. The van der Waals surface area contributed by atoms with E-state index >= 15 is 0 Å². The van der Waals surface area contributed by atoms with E-state index in [2.05, 4.69) is 19.9 Å². The molecule has 1 saturated heterocycles. The van der Waals surface area contributed by atoms with Gasteiger partial charge in [0.25, 0.3) is 5.69 Å². The van der Waals surface area contributed by atoms with Crippen LogP contribution in [0.25, 0.3) is 0 Å². The van der Waals surface area contributed by atoms with E-state index in [-0.39, 0.29) is 10.6 Å². The quantitative estimate of drug-likeness (QED) is 0.576. The molecular formula is C16H21N5O4. The molecule has 0 bridgehead atoms. The predicted octanol–water partition coefficient (Wildman–Crippen LogP) is 1.75. The molecule has 9 nitrogen and oxygen atoms in total. The van der Waals surface area contributed by atoms with Crippen molar-refractivity contribution in [1.82, 2.24) is 15.0 Å². The Labute approximate surface area is 145 Å². The highest BCUT2D eigenvalue weighted by molar-refractivity contribution is 5.57. The zero-order chi connectivity index (χ0) is 17.8. The number of nitro groups is 1. The van der Waals surface area contributed by atoms with Gasteiger partial charge < -0.3 is 14.2 Å². The van der Waals surface area contributed by atoms with Gasteiger partial charge >= 0.3 is 0 Å².